The van der Waals surface area contributed by atoms with E-state index in [4.69, 9.17) is 9.47 Å². The Labute approximate surface area is 179 Å². The predicted molar refractivity (Wildman–Crippen MR) is 120 cm³/mol. The van der Waals surface area contributed by atoms with Gasteiger partial charge in [0.1, 0.15) is 6.04 Å². The third kappa shape index (κ3) is 10.4. The Hall–Kier alpha value is -0.440. The first-order valence-electron chi connectivity index (χ1n) is 9.93. The van der Waals surface area contributed by atoms with Crippen LogP contribution in [0.2, 0.25) is 0 Å². The minimum absolute atomic E-state index is 0.211. The van der Waals surface area contributed by atoms with Crippen molar-refractivity contribution in [1.82, 2.24) is 10.6 Å². The van der Waals surface area contributed by atoms with Crippen molar-refractivity contribution in [1.29, 1.82) is 0 Å². The number of methoxy groups -OCH3 is 2. The fourth-order valence-electron chi connectivity index (χ4n) is 2.87. The zero-order chi connectivity index (χ0) is 21.7. The Morgan fingerprint density at radius 2 is 1.54 bits per heavy atom. The molecule has 0 aliphatic heterocycles. The van der Waals surface area contributed by atoms with E-state index in [0.717, 1.165) is 11.5 Å². The van der Waals surface area contributed by atoms with Gasteiger partial charge in [-0.2, -0.15) is 0 Å². The maximum absolute atomic E-state index is 12.4. The van der Waals surface area contributed by atoms with Crippen LogP contribution >= 0.6 is 21.6 Å². The number of carbonyl (C=O) groups excluding carboxylic acids is 2. The lowest BCUT2D eigenvalue weighted by atomic mass is 9.69. The molecule has 2 amide bonds. The Kier molecular flexibility index (Phi) is 14.3. The van der Waals surface area contributed by atoms with Crippen LogP contribution in [-0.4, -0.2) is 56.4 Å². The van der Waals surface area contributed by atoms with Crippen LogP contribution < -0.4 is 10.6 Å². The number of carbonyl (C=O) groups is 2. The lowest BCUT2D eigenvalue weighted by molar-refractivity contribution is -0.132. The van der Waals surface area contributed by atoms with Gasteiger partial charge in [-0.3, -0.25) is 9.59 Å². The molecule has 0 bridgehead atoms. The standard InChI is InChI=1S/C20H40N2O4S2/c1-14(2)20(6,15(3)4)10-12-28-27-11-9-17(22-16(5)23)19(24)21-13-18(25-7)26-8/h14-15,17-18H,9-13H2,1-8H3,(H,21,24)(H,22,23). The van der Waals surface area contributed by atoms with Gasteiger partial charge in [0.05, 0.1) is 6.54 Å². The van der Waals surface area contributed by atoms with Crippen LogP contribution in [0.15, 0.2) is 0 Å². The Morgan fingerprint density at radius 3 is 2.00 bits per heavy atom. The molecule has 1 atom stereocenters. The molecule has 0 spiro atoms. The highest BCUT2D eigenvalue weighted by atomic mass is 33.1. The molecule has 0 aliphatic carbocycles. The molecule has 0 rings (SSSR count). The zero-order valence-corrected chi connectivity index (χ0v) is 20.4. The largest absolute Gasteiger partial charge is 0.354 e. The Bertz CT molecular complexity index is 449. The second-order valence-corrected chi connectivity index (χ2v) is 10.6. The SMILES string of the molecule is COC(CNC(=O)C(CCSSCCC(C)(C(C)C)C(C)C)NC(C)=O)OC. The van der Waals surface area contributed by atoms with E-state index >= 15 is 0 Å². The third-order valence-electron chi connectivity index (χ3n) is 5.60. The van der Waals surface area contributed by atoms with Crippen molar-refractivity contribution >= 4 is 33.4 Å². The summed E-state index contributed by atoms with van der Waals surface area (Å²) in [5, 5.41) is 5.50. The number of nitrogens with one attached hydrogen (secondary N) is 2. The van der Waals surface area contributed by atoms with E-state index in [9.17, 15) is 9.59 Å². The van der Waals surface area contributed by atoms with Gasteiger partial charge in [0.2, 0.25) is 11.8 Å². The molecule has 8 heteroatoms. The summed E-state index contributed by atoms with van der Waals surface area (Å²) in [5.41, 5.74) is 0.339. The van der Waals surface area contributed by atoms with E-state index in [1.54, 1.807) is 10.8 Å². The van der Waals surface area contributed by atoms with Crippen LogP contribution in [0, 0.1) is 17.3 Å². The van der Waals surface area contributed by atoms with Crippen molar-refractivity contribution in [2.24, 2.45) is 17.3 Å². The molecule has 0 heterocycles. The van der Waals surface area contributed by atoms with Gasteiger partial charge in [-0.15, -0.1) is 0 Å². The highest BCUT2D eigenvalue weighted by molar-refractivity contribution is 8.76. The first-order valence-corrected chi connectivity index (χ1v) is 12.4. The van der Waals surface area contributed by atoms with Crippen molar-refractivity contribution in [2.75, 3.05) is 32.3 Å². The average molecular weight is 437 g/mol. The lowest BCUT2D eigenvalue weighted by Gasteiger charge is -2.38. The van der Waals surface area contributed by atoms with Crippen LogP contribution in [-0.2, 0) is 19.1 Å². The summed E-state index contributed by atoms with van der Waals surface area (Å²) >= 11 is 0. The van der Waals surface area contributed by atoms with Gasteiger partial charge < -0.3 is 20.1 Å². The Balaban J connectivity index is 4.35. The normalized spacial score (nSPS) is 13.2. The predicted octanol–water partition coefficient (Wildman–Crippen LogP) is 3.71. The fraction of sp³-hybridized carbons (Fsp3) is 0.900. The van der Waals surface area contributed by atoms with Gasteiger partial charge in [-0.05, 0) is 30.1 Å². The first kappa shape index (κ1) is 27.6. The molecule has 0 saturated carbocycles. The molecule has 0 fully saturated rings. The van der Waals surface area contributed by atoms with E-state index in [1.165, 1.54) is 27.6 Å². The fourth-order valence-corrected chi connectivity index (χ4v) is 5.21. The molecule has 0 aliphatic rings. The minimum atomic E-state index is -0.545. The van der Waals surface area contributed by atoms with Crippen LogP contribution in [0.5, 0.6) is 0 Å². The third-order valence-corrected chi connectivity index (χ3v) is 8.04. The summed E-state index contributed by atoms with van der Waals surface area (Å²) in [7, 11) is 6.64. The highest BCUT2D eigenvalue weighted by Crippen LogP contribution is 2.40. The maximum Gasteiger partial charge on any atom is 0.242 e. The molecule has 0 saturated heterocycles. The van der Waals surface area contributed by atoms with Gasteiger partial charge in [-0.25, -0.2) is 0 Å². The Morgan fingerprint density at radius 1 is 1.00 bits per heavy atom. The molecule has 0 aromatic heterocycles. The molecule has 1 unspecified atom stereocenters. The molecule has 28 heavy (non-hydrogen) atoms. The molecular formula is C20H40N2O4S2. The lowest BCUT2D eigenvalue weighted by Crippen LogP contribution is -2.48. The number of rotatable bonds is 15. The van der Waals surface area contributed by atoms with E-state index in [2.05, 4.69) is 45.3 Å². The topological polar surface area (TPSA) is 76.7 Å². The molecule has 0 aromatic carbocycles. The van der Waals surface area contributed by atoms with Crippen LogP contribution in [0.1, 0.15) is 54.4 Å². The number of amides is 2. The van der Waals surface area contributed by atoms with Crippen molar-refractivity contribution in [2.45, 2.75) is 66.7 Å². The van der Waals surface area contributed by atoms with E-state index in [1.807, 2.05) is 10.8 Å². The van der Waals surface area contributed by atoms with Gasteiger partial charge in [0.25, 0.3) is 0 Å². The van der Waals surface area contributed by atoms with Crippen molar-refractivity contribution in [3.63, 3.8) is 0 Å². The summed E-state index contributed by atoms with van der Waals surface area (Å²) in [6, 6.07) is -0.545. The van der Waals surface area contributed by atoms with Gasteiger partial charge in [0, 0.05) is 32.6 Å². The van der Waals surface area contributed by atoms with Gasteiger partial charge in [-0.1, -0.05) is 56.2 Å². The second-order valence-electron chi connectivity index (χ2n) is 7.90. The summed E-state index contributed by atoms with van der Waals surface area (Å²) in [6.45, 7) is 13.2. The molecule has 166 valence electrons. The molecule has 2 N–H and O–H groups in total. The highest BCUT2D eigenvalue weighted by Gasteiger charge is 2.31. The van der Waals surface area contributed by atoms with E-state index < -0.39 is 12.3 Å². The van der Waals surface area contributed by atoms with E-state index in [0.29, 0.717) is 23.7 Å². The number of hydrogen-bond acceptors (Lipinski definition) is 6. The smallest absolute Gasteiger partial charge is 0.242 e. The summed E-state index contributed by atoms with van der Waals surface area (Å²) in [4.78, 5) is 23.8. The van der Waals surface area contributed by atoms with Gasteiger partial charge >= 0.3 is 0 Å². The first-order chi connectivity index (χ1) is 13.1. The molecule has 6 nitrogen and oxygen atoms in total. The van der Waals surface area contributed by atoms with Crippen molar-refractivity contribution < 1.29 is 19.1 Å². The monoisotopic (exact) mass is 436 g/mol. The van der Waals surface area contributed by atoms with Gasteiger partial charge in [0.15, 0.2) is 6.29 Å². The molecule has 0 aromatic rings. The summed E-state index contributed by atoms with van der Waals surface area (Å²) in [5.74, 6) is 2.74. The van der Waals surface area contributed by atoms with E-state index in [-0.39, 0.29) is 18.4 Å². The van der Waals surface area contributed by atoms with Crippen molar-refractivity contribution in [3.05, 3.63) is 0 Å². The minimum Gasteiger partial charge on any atom is -0.354 e. The van der Waals surface area contributed by atoms with Crippen LogP contribution in [0.4, 0.5) is 0 Å². The quantitative estimate of drug-likeness (QED) is 0.232. The maximum atomic E-state index is 12.4. The summed E-state index contributed by atoms with van der Waals surface area (Å²) in [6.07, 6.45) is 1.26. The number of hydrogen-bond donors (Lipinski definition) is 2. The zero-order valence-electron chi connectivity index (χ0n) is 18.8. The summed E-state index contributed by atoms with van der Waals surface area (Å²) < 4.78 is 10.1. The van der Waals surface area contributed by atoms with Crippen LogP contribution in [0.25, 0.3) is 0 Å². The molecular weight excluding hydrogens is 396 g/mol. The van der Waals surface area contributed by atoms with Crippen LogP contribution in [0.3, 0.4) is 0 Å². The average Bonchev–Trinajstić information content (AvgIpc) is 2.63. The molecule has 0 radical (unpaired) electrons. The van der Waals surface area contributed by atoms with Crippen molar-refractivity contribution in [3.8, 4) is 0 Å². The second kappa shape index (κ2) is 14.5. The number of ether oxygens (including phenoxy) is 2.